The van der Waals surface area contributed by atoms with E-state index in [-0.39, 0.29) is 12.0 Å². The third-order valence-corrected chi connectivity index (χ3v) is 5.15. The summed E-state index contributed by atoms with van der Waals surface area (Å²) in [6.45, 7) is 1.25. The Morgan fingerprint density at radius 3 is 2.71 bits per heavy atom. The number of carbonyl (C=O) groups is 1. The fourth-order valence-corrected chi connectivity index (χ4v) is 3.55. The highest BCUT2D eigenvalue weighted by atomic mass is 19.4. The number of pyridine rings is 1. The third kappa shape index (κ3) is 4.93. The largest absolute Gasteiger partial charge is 0.416 e. The molecule has 3 heterocycles. The maximum absolute atomic E-state index is 12.9. The first-order chi connectivity index (χ1) is 14.8. The van der Waals surface area contributed by atoms with Gasteiger partial charge in [-0.15, -0.1) is 0 Å². The van der Waals surface area contributed by atoms with Crippen LogP contribution in [0.25, 0.3) is 0 Å². The molecule has 1 aliphatic rings. The summed E-state index contributed by atoms with van der Waals surface area (Å²) in [5.41, 5.74) is 1.89. The van der Waals surface area contributed by atoms with Gasteiger partial charge in [-0.3, -0.25) is 14.5 Å². The van der Waals surface area contributed by atoms with E-state index in [4.69, 9.17) is 4.74 Å². The molecule has 0 bridgehead atoms. The van der Waals surface area contributed by atoms with Crippen LogP contribution in [0.5, 0.6) is 0 Å². The Kier molecular flexibility index (Phi) is 5.77. The van der Waals surface area contributed by atoms with Crippen LogP contribution in [0.15, 0.2) is 55.0 Å². The molecule has 1 amide bonds. The second kappa shape index (κ2) is 8.50. The number of ether oxygens (including phenoxy) is 1. The molecule has 1 unspecified atom stereocenters. The van der Waals surface area contributed by atoms with Crippen molar-refractivity contribution in [1.82, 2.24) is 19.7 Å². The summed E-state index contributed by atoms with van der Waals surface area (Å²) in [5.74, 6) is -0.109. The fourth-order valence-electron chi connectivity index (χ4n) is 3.55. The van der Waals surface area contributed by atoms with Crippen LogP contribution in [0.1, 0.15) is 38.8 Å². The van der Waals surface area contributed by atoms with Gasteiger partial charge < -0.3 is 9.64 Å². The van der Waals surface area contributed by atoms with Gasteiger partial charge >= 0.3 is 6.18 Å². The molecular formula is C22H21F3N4O2. The first kappa shape index (κ1) is 21.0. The lowest BCUT2D eigenvalue weighted by atomic mass is 10.0. The zero-order valence-electron chi connectivity index (χ0n) is 16.8. The molecule has 3 aromatic rings. The molecule has 1 atom stereocenters. The number of hydrogen-bond donors (Lipinski definition) is 0. The molecule has 1 aromatic carbocycles. The molecule has 9 heteroatoms. The molecular weight excluding hydrogens is 409 g/mol. The Labute approximate surface area is 177 Å². The minimum atomic E-state index is -4.37. The summed E-state index contributed by atoms with van der Waals surface area (Å²) in [6.07, 6.45) is 0.461. The van der Waals surface area contributed by atoms with Gasteiger partial charge in [0.2, 0.25) is 0 Å². The molecule has 0 aliphatic carbocycles. The number of morpholine rings is 1. The number of alkyl halides is 3. The van der Waals surface area contributed by atoms with Crippen molar-refractivity contribution in [2.24, 2.45) is 7.05 Å². The van der Waals surface area contributed by atoms with Crippen molar-refractivity contribution in [3.63, 3.8) is 0 Å². The molecule has 162 valence electrons. The van der Waals surface area contributed by atoms with E-state index in [9.17, 15) is 18.0 Å². The average molecular weight is 430 g/mol. The van der Waals surface area contributed by atoms with E-state index in [2.05, 4.69) is 10.1 Å². The van der Waals surface area contributed by atoms with E-state index in [0.717, 1.165) is 17.7 Å². The van der Waals surface area contributed by atoms with E-state index in [1.807, 2.05) is 6.07 Å². The molecule has 31 heavy (non-hydrogen) atoms. The van der Waals surface area contributed by atoms with Gasteiger partial charge in [0.15, 0.2) is 0 Å². The van der Waals surface area contributed by atoms with Crippen LogP contribution in [-0.2, 0) is 24.4 Å². The molecule has 0 saturated carbocycles. The maximum atomic E-state index is 12.9. The molecule has 0 N–H and O–H groups in total. The van der Waals surface area contributed by atoms with Gasteiger partial charge in [0.05, 0.1) is 36.2 Å². The summed E-state index contributed by atoms with van der Waals surface area (Å²) < 4.78 is 46.1. The molecule has 1 saturated heterocycles. The Balaban J connectivity index is 1.42. The normalized spacial score (nSPS) is 17.0. The Hall–Kier alpha value is -3.20. The number of nitrogens with zero attached hydrogens (tertiary/aromatic N) is 4. The summed E-state index contributed by atoms with van der Waals surface area (Å²) in [5, 5.41) is 4.04. The summed E-state index contributed by atoms with van der Waals surface area (Å²) in [6, 6.07) is 8.91. The van der Waals surface area contributed by atoms with Gasteiger partial charge in [-0.05, 0) is 29.7 Å². The number of rotatable bonds is 4. The molecule has 6 nitrogen and oxygen atoms in total. The molecule has 0 spiro atoms. The van der Waals surface area contributed by atoms with Crippen LogP contribution in [0.4, 0.5) is 13.2 Å². The lowest BCUT2D eigenvalue weighted by Crippen LogP contribution is -2.42. The van der Waals surface area contributed by atoms with Gasteiger partial charge in [0, 0.05) is 26.0 Å². The predicted octanol–water partition coefficient (Wildman–Crippen LogP) is 3.64. The monoisotopic (exact) mass is 430 g/mol. The number of hydrogen-bond acceptors (Lipinski definition) is 4. The summed E-state index contributed by atoms with van der Waals surface area (Å²) >= 11 is 0. The van der Waals surface area contributed by atoms with E-state index in [0.29, 0.717) is 42.9 Å². The molecule has 2 aromatic heterocycles. The highest BCUT2D eigenvalue weighted by Crippen LogP contribution is 2.30. The first-order valence-electron chi connectivity index (χ1n) is 9.80. The van der Waals surface area contributed by atoms with Crippen LogP contribution < -0.4 is 0 Å². The lowest BCUT2D eigenvalue weighted by Gasteiger charge is -2.32. The maximum Gasteiger partial charge on any atom is 0.416 e. The fraction of sp³-hybridized carbons (Fsp3) is 0.318. The van der Waals surface area contributed by atoms with Crippen molar-refractivity contribution in [3.05, 3.63) is 82.9 Å². The van der Waals surface area contributed by atoms with Crippen LogP contribution in [0.3, 0.4) is 0 Å². The second-order valence-corrected chi connectivity index (χ2v) is 7.48. The molecule has 0 radical (unpaired) electrons. The van der Waals surface area contributed by atoms with Crippen LogP contribution >= 0.6 is 0 Å². The van der Waals surface area contributed by atoms with E-state index >= 15 is 0 Å². The first-order valence-corrected chi connectivity index (χ1v) is 9.80. The second-order valence-electron chi connectivity index (χ2n) is 7.48. The van der Waals surface area contributed by atoms with Gasteiger partial charge in [-0.1, -0.05) is 24.3 Å². The van der Waals surface area contributed by atoms with Crippen molar-refractivity contribution >= 4 is 5.91 Å². The number of carbonyl (C=O) groups excluding carboxylic acids is 1. The number of aromatic nitrogens is 3. The van der Waals surface area contributed by atoms with Crippen molar-refractivity contribution in [3.8, 4) is 0 Å². The van der Waals surface area contributed by atoms with Crippen LogP contribution in [0, 0.1) is 0 Å². The van der Waals surface area contributed by atoms with Gasteiger partial charge in [-0.25, -0.2) is 0 Å². The topological polar surface area (TPSA) is 60.2 Å². The number of amides is 1. The molecule has 1 fully saturated rings. The van der Waals surface area contributed by atoms with Crippen LogP contribution in [-0.4, -0.2) is 45.3 Å². The van der Waals surface area contributed by atoms with Gasteiger partial charge in [0.1, 0.15) is 6.10 Å². The SMILES string of the molecule is Cn1cc(C(=O)N2CCOC(c3ccc(Cc4cccc(C(F)(F)F)c4)cn3)C2)cn1. The van der Waals surface area contributed by atoms with E-state index in [1.54, 1.807) is 41.2 Å². The average Bonchev–Trinajstić information content (AvgIpc) is 3.20. The summed E-state index contributed by atoms with van der Waals surface area (Å²) in [7, 11) is 1.75. The number of halogens is 3. The van der Waals surface area contributed by atoms with Crippen LogP contribution in [0.2, 0.25) is 0 Å². The van der Waals surface area contributed by atoms with Gasteiger partial charge in [-0.2, -0.15) is 18.3 Å². The minimum Gasteiger partial charge on any atom is -0.368 e. The number of aryl methyl sites for hydroxylation is 1. The highest BCUT2D eigenvalue weighted by molar-refractivity contribution is 5.93. The van der Waals surface area contributed by atoms with Crippen molar-refractivity contribution in [2.75, 3.05) is 19.7 Å². The van der Waals surface area contributed by atoms with Crippen molar-refractivity contribution in [2.45, 2.75) is 18.7 Å². The summed E-state index contributed by atoms with van der Waals surface area (Å²) in [4.78, 5) is 18.8. The Bertz CT molecular complexity index is 1060. The minimum absolute atomic E-state index is 0.109. The lowest BCUT2D eigenvalue weighted by molar-refractivity contribution is -0.137. The smallest absolute Gasteiger partial charge is 0.368 e. The van der Waals surface area contributed by atoms with Crippen molar-refractivity contribution < 1.29 is 22.7 Å². The molecule has 4 rings (SSSR count). The Morgan fingerprint density at radius 2 is 2.03 bits per heavy atom. The van der Waals surface area contributed by atoms with E-state index < -0.39 is 11.7 Å². The number of benzene rings is 1. The third-order valence-electron chi connectivity index (χ3n) is 5.15. The molecule has 1 aliphatic heterocycles. The predicted molar refractivity (Wildman–Crippen MR) is 106 cm³/mol. The Morgan fingerprint density at radius 1 is 1.19 bits per heavy atom. The standard InChI is InChI=1S/C22H21F3N4O2/c1-28-13-17(12-27-28)21(30)29-7-8-31-20(14-29)19-6-5-16(11-26-19)9-15-3-2-4-18(10-15)22(23,24)25/h2-6,10-13,20H,7-9,14H2,1H3. The van der Waals surface area contributed by atoms with Gasteiger partial charge in [0.25, 0.3) is 5.91 Å². The quantitative estimate of drug-likeness (QED) is 0.634. The highest BCUT2D eigenvalue weighted by Gasteiger charge is 2.30. The van der Waals surface area contributed by atoms with E-state index in [1.165, 1.54) is 12.3 Å². The van der Waals surface area contributed by atoms with Crippen molar-refractivity contribution in [1.29, 1.82) is 0 Å². The zero-order valence-corrected chi connectivity index (χ0v) is 16.8. The zero-order chi connectivity index (χ0) is 22.0.